The van der Waals surface area contributed by atoms with Crippen molar-refractivity contribution in [2.75, 3.05) is 0 Å². The molecule has 0 atom stereocenters. The van der Waals surface area contributed by atoms with Gasteiger partial charge in [-0.25, -0.2) is 13.8 Å². The number of hydrogen-bond donors (Lipinski definition) is 0. The predicted molar refractivity (Wildman–Crippen MR) is 47.0 cm³/mol. The fourth-order valence-corrected chi connectivity index (χ4v) is 1.54. The lowest BCUT2D eigenvalue weighted by atomic mass is 10.2. The lowest BCUT2D eigenvalue weighted by molar-refractivity contribution is 0.107. The van der Waals surface area contributed by atoms with E-state index in [-0.39, 0.29) is 4.47 Å². The summed E-state index contributed by atoms with van der Waals surface area (Å²) in [5.41, 5.74) is -1.30. The van der Waals surface area contributed by atoms with Crippen molar-refractivity contribution in [2.45, 2.75) is 6.43 Å². The van der Waals surface area contributed by atoms with Crippen molar-refractivity contribution < 1.29 is 18.0 Å². The summed E-state index contributed by atoms with van der Waals surface area (Å²) in [5, 5.41) is -1.02. The second-order valence-corrected chi connectivity index (χ2v) is 3.47. The molecule has 1 heterocycles. The molecule has 0 amide bonds. The van der Waals surface area contributed by atoms with Gasteiger partial charge in [-0.2, -0.15) is 4.39 Å². The van der Waals surface area contributed by atoms with Crippen LogP contribution in [0, 0.1) is 5.95 Å². The highest BCUT2D eigenvalue weighted by molar-refractivity contribution is 9.10. The van der Waals surface area contributed by atoms with Gasteiger partial charge in [0.2, 0.25) is 5.95 Å². The first kappa shape index (κ1) is 11.5. The van der Waals surface area contributed by atoms with Crippen molar-refractivity contribution in [3.63, 3.8) is 0 Å². The van der Waals surface area contributed by atoms with E-state index in [0.717, 1.165) is 6.07 Å². The van der Waals surface area contributed by atoms with Crippen molar-refractivity contribution in [3.05, 3.63) is 27.7 Å². The Hall–Kier alpha value is -0.620. The smallest absolute Gasteiger partial charge is 0.272 e. The second-order valence-electron chi connectivity index (χ2n) is 2.27. The van der Waals surface area contributed by atoms with Gasteiger partial charge in [0.25, 0.3) is 11.7 Å². The van der Waals surface area contributed by atoms with Gasteiger partial charge >= 0.3 is 0 Å². The van der Waals surface area contributed by atoms with Gasteiger partial charge in [0.05, 0.1) is 5.56 Å². The normalized spacial score (nSPS) is 10.7. The zero-order valence-corrected chi connectivity index (χ0v) is 8.74. The van der Waals surface area contributed by atoms with Gasteiger partial charge in [0.15, 0.2) is 0 Å². The summed E-state index contributed by atoms with van der Waals surface area (Å²) in [7, 11) is 0. The molecular weight excluding hydrogens is 286 g/mol. The van der Waals surface area contributed by atoms with Gasteiger partial charge in [-0.3, -0.25) is 4.79 Å². The fourth-order valence-electron chi connectivity index (χ4n) is 0.771. The summed E-state index contributed by atoms with van der Waals surface area (Å²) < 4.78 is 37.0. The number of carbonyl (C=O) groups excluding carboxylic acids is 1. The highest BCUT2D eigenvalue weighted by Crippen LogP contribution is 2.26. The van der Waals surface area contributed by atoms with Crippen molar-refractivity contribution >= 4 is 32.8 Å². The summed E-state index contributed by atoms with van der Waals surface area (Å²) in [5.74, 6) is -1.40. The predicted octanol–water partition coefficient (Wildman–Crippen LogP) is 3.30. The van der Waals surface area contributed by atoms with Crippen LogP contribution in [0.2, 0.25) is 0 Å². The van der Waals surface area contributed by atoms with Crippen molar-refractivity contribution in [3.8, 4) is 0 Å². The third-order valence-electron chi connectivity index (χ3n) is 1.38. The second kappa shape index (κ2) is 4.27. The van der Waals surface area contributed by atoms with Crippen LogP contribution in [0.5, 0.6) is 0 Å². The molecule has 0 aromatic carbocycles. The SMILES string of the molecule is O=C(Cl)c1nc(F)c(C(F)F)cc1Br. The molecule has 0 aliphatic carbocycles. The maximum atomic E-state index is 12.8. The lowest BCUT2D eigenvalue weighted by Gasteiger charge is -2.03. The Morgan fingerprint density at radius 1 is 1.57 bits per heavy atom. The van der Waals surface area contributed by atoms with Crippen LogP contribution in [0.25, 0.3) is 0 Å². The van der Waals surface area contributed by atoms with Crippen LogP contribution in [-0.4, -0.2) is 10.2 Å². The molecule has 0 saturated carbocycles. The third kappa shape index (κ3) is 2.24. The van der Waals surface area contributed by atoms with Crippen LogP contribution in [0.3, 0.4) is 0 Å². The maximum absolute atomic E-state index is 12.8. The molecule has 0 unspecified atom stereocenters. The minimum atomic E-state index is -2.99. The molecule has 7 heteroatoms. The van der Waals surface area contributed by atoms with Crippen LogP contribution in [0.15, 0.2) is 10.5 Å². The van der Waals surface area contributed by atoms with Crippen molar-refractivity contribution in [1.29, 1.82) is 0 Å². The van der Waals surface area contributed by atoms with E-state index >= 15 is 0 Å². The summed E-state index contributed by atoms with van der Waals surface area (Å²) >= 11 is 7.81. The van der Waals surface area contributed by atoms with Gasteiger partial charge in [0, 0.05) is 4.47 Å². The number of hydrogen-bond acceptors (Lipinski definition) is 2. The summed E-state index contributed by atoms with van der Waals surface area (Å²) in [6.07, 6.45) is -2.99. The zero-order chi connectivity index (χ0) is 10.9. The third-order valence-corrected chi connectivity index (χ3v) is 2.16. The summed E-state index contributed by atoms with van der Waals surface area (Å²) in [6.45, 7) is 0. The number of nitrogens with zero attached hydrogens (tertiary/aromatic N) is 1. The largest absolute Gasteiger partial charge is 0.274 e. The molecule has 1 aromatic rings. The van der Waals surface area contributed by atoms with Crippen molar-refractivity contribution in [1.82, 2.24) is 4.98 Å². The van der Waals surface area contributed by atoms with Gasteiger partial charge in [0.1, 0.15) is 5.69 Å². The average Bonchev–Trinajstić information content (AvgIpc) is 2.07. The Balaban J connectivity index is 3.31. The molecular formula is C7H2BrClF3NO. The first-order valence-electron chi connectivity index (χ1n) is 3.27. The molecule has 0 fully saturated rings. The lowest BCUT2D eigenvalue weighted by Crippen LogP contribution is -2.03. The summed E-state index contributed by atoms with van der Waals surface area (Å²) in [6, 6.07) is 0.780. The van der Waals surface area contributed by atoms with Crippen molar-refractivity contribution in [2.24, 2.45) is 0 Å². The van der Waals surface area contributed by atoms with Crippen LogP contribution >= 0.6 is 27.5 Å². The number of carbonyl (C=O) groups is 1. The topological polar surface area (TPSA) is 30.0 Å². The van der Waals surface area contributed by atoms with Crippen LogP contribution in [0.4, 0.5) is 13.2 Å². The van der Waals surface area contributed by atoms with E-state index in [1.165, 1.54) is 0 Å². The number of halogens is 5. The number of aromatic nitrogens is 1. The number of rotatable bonds is 2. The molecule has 1 aromatic heterocycles. The van der Waals surface area contributed by atoms with Gasteiger partial charge < -0.3 is 0 Å². The minimum absolute atomic E-state index is 0.0609. The van der Waals surface area contributed by atoms with E-state index in [0.29, 0.717) is 0 Å². The molecule has 1 rings (SSSR count). The van der Waals surface area contributed by atoms with E-state index in [1.54, 1.807) is 0 Å². The highest BCUT2D eigenvalue weighted by atomic mass is 79.9. The Bertz CT molecular complexity index is 385. The molecule has 76 valence electrons. The Labute approximate surface area is 90.2 Å². The maximum Gasteiger partial charge on any atom is 0.272 e. The molecule has 0 aliphatic rings. The van der Waals surface area contributed by atoms with E-state index < -0.39 is 28.9 Å². The van der Waals surface area contributed by atoms with Gasteiger partial charge in [-0.15, -0.1) is 0 Å². The monoisotopic (exact) mass is 287 g/mol. The summed E-state index contributed by atoms with van der Waals surface area (Å²) in [4.78, 5) is 13.6. The number of alkyl halides is 2. The Morgan fingerprint density at radius 2 is 2.14 bits per heavy atom. The van der Waals surface area contributed by atoms with Crippen LogP contribution in [-0.2, 0) is 0 Å². The van der Waals surface area contributed by atoms with Crippen LogP contribution < -0.4 is 0 Å². The molecule has 0 aliphatic heterocycles. The van der Waals surface area contributed by atoms with Gasteiger partial charge in [-0.05, 0) is 33.6 Å². The molecule has 2 nitrogen and oxygen atoms in total. The first-order chi connectivity index (χ1) is 6.43. The van der Waals surface area contributed by atoms with E-state index in [2.05, 4.69) is 20.9 Å². The minimum Gasteiger partial charge on any atom is -0.274 e. The Kier molecular flexibility index (Phi) is 3.49. The molecule has 0 radical (unpaired) electrons. The molecule has 0 spiro atoms. The zero-order valence-electron chi connectivity index (χ0n) is 6.40. The number of pyridine rings is 1. The molecule has 14 heavy (non-hydrogen) atoms. The quantitative estimate of drug-likeness (QED) is 0.617. The molecule has 0 N–H and O–H groups in total. The van der Waals surface area contributed by atoms with E-state index in [1.807, 2.05) is 0 Å². The first-order valence-corrected chi connectivity index (χ1v) is 4.44. The van der Waals surface area contributed by atoms with E-state index in [9.17, 15) is 18.0 Å². The standard InChI is InChI=1S/C7H2BrClF3NO/c8-3-1-2(6(10)11)7(12)13-4(3)5(9)14/h1,6H. The van der Waals surface area contributed by atoms with Gasteiger partial charge in [-0.1, -0.05) is 0 Å². The highest BCUT2D eigenvalue weighted by Gasteiger charge is 2.19. The average molecular weight is 288 g/mol. The molecule has 0 bridgehead atoms. The van der Waals surface area contributed by atoms with E-state index in [4.69, 9.17) is 11.6 Å². The fraction of sp³-hybridized carbons (Fsp3) is 0.143. The van der Waals surface area contributed by atoms with Crippen LogP contribution in [0.1, 0.15) is 22.5 Å². The Morgan fingerprint density at radius 3 is 2.57 bits per heavy atom. The molecule has 0 saturated heterocycles.